The molecule has 1 aliphatic carbocycles. The summed E-state index contributed by atoms with van der Waals surface area (Å²) in [6.07, 6.45) is 1.91. The van der Waals surface area contributed by atoms with Gasteiger partial charge in [-0.05, 0) is 26.2 Å². The van der Waals surface area contributed by atoms with E-state index in [0.29, 0.717) is 0 Å². The summed E-state index contributed by atoms with van der Waals surface area (Å²) in [5.41, 5.74) is -0.532. The molecule has 1 fully saturated rings. The van der Waals surface area contributed by atoms with Crippen LogP contribution in [-0.4, -0.2) is 35.7 Å². The van der Waals surface area contributed by atoms with Crippen molar-refractivity contribution in [2.45, 2.75) is 44.2 Å². The van der Waals surface area contributed by atoms with Gasteiger partial charge >= 0.3 is 5.97 Å². The third-order valence-corrected chi connectivity index (χ3v) is 2.91. The summed E-state index contributed by atoms with van der Waals surface area (Å²) < 4.78 is 4.87. The molecule has 0 saturated heterocycles. The summed E-state index contributed by atoms with van der Waals surface area (Å²) in [6.45, 7) is 1.64. The molecule has 1 atom stereocenters. The first-order chi connectivity index (χ1) is 6.99. The van der Waals surface area contributed by atoms with E-state index in [0.717, 1.165) is 19.3 Å². The summed E-state index contributed by atoms with van der Waals surface area (Å²) in [4.78, 5) is 22.2. The highest BCUT2D eigenvalue weighted by Crippen LogP contribution is 2.34. The Kier molecular flexibility index (Phi) is 3.68. The third-order valence-electron chi connectivity index (χ3n) is 2.91. The van der Waals surface area contributed by atoms with Gasteiger partial charge in [-0.1, -0.05) is 0 Å². The summed E-state index contributed by atoms with van der Waals surface area (Å²) in [5.74, 6) is -1.11. The average Bonchev–Trinajstić information content (AvgIpc) is 2.12. The predicted molar refractivity (Wildman–Crippen MR) is 53.4 cm³/mol. The van der Waals surface area contributed by atoms with Crippen molar-refractivity contribution in [2.75, 3.05) is 7.11 Å². The Morgan fingerprint density at radius 1 is 1.53 bits per heavy atom. The summed E-state index contributed by atoms with van der Waals surface area (Å²) in [7, 11) is 1.45. The van der Waals surface area contributed by atoms with Crippen LogP contribution in [0.3, 0.4) is 0 Å². The Bertz CT molecular complexity index is 260. The second-order valence-corrected chi connectivity index (χ2v) is 4.07. The molecule has 1 unspecified atom stereocenters. The van der Waals surface area contributed by atoms with Gasteiger partial charge in [0.25, 0.3) is 0 Å². The maximum atomic E-state index is 11.5. The largest absolute Gasteiger partial charge is 0.481 e. The zero-order valence-electron chi connectivity index (χ0n) is 9.08. The highest BCUT2D eigenvalue weighted by molar-refractivity contribution is 5.82. The van der Waals surface area contributed by atoms with Crippen LogP contribution in [0.5, 0.6) is 0 Å². The molecule has 2 N–H and O–H groups in total. The van der Waals surface area contributed by atoms with Crippen LogP contribution in [0.15, 0.2) is 0 Å². The topological polar surface area (TPSA) is 75.6 Å². The van der Waals surface area contributed by atoms with Gasteiger partial charge in [-0.3, -0.25) is 9.59 Å². The highest BCUT2D eigenvalue weighted by Gasteiger charge is 2.40. The Balaban J connectivity index is 2.53. The van der Waals surface area contributed by atoms with Gasteiger partial charge < -0.3 is 15.2 Å². The number of hydrogen-bond acceptors (Lipinski definition) is 3. The number of methoxy groups -OCH3 is 1. The summed E-state index contributed by atoms with van der Waals surface area (Å²) in [5, 5.41) is 11.5. The second-order valence-electron chi connectivity index (χ2n) is 4.07. The first kappa shape index (κ1) is 12.0. The Morgan fingerprint density at radius 2 is 2.13 bits per heavy atom. The Morgan fingerprint density at radius 3 is 2.47 bits per heavy atom. The lowest BCUT2D eigenvalue weighted by Crippen LogP contribution is -2.56. The van der Waals surface area contributed by atoms with Gasteiger partial charge in [0.2, 0.25) is 5.91 Å². The minimum absolute atomic E-state index is 0.00479. The number of carbonyl (C=O) groups excluding carboxylic acids is 1. The molecule has 5 nitrogen and oxygen atoms in total. The fraction of sp³-hybridized carbons (Fsp3) is 0.800. The Hall–Kier alpha value is -1.10. The summed E-state index contributed by atoms with van der Waals surface area (Å²) in [6, 6.07) is 0. The Labute approximate surface area is 88.8 Å². The fourth-order valence-corrected chi connectivity index (χ4v) is 1.71. The number of amides is 1. The second kappa shape index (κ2) is 4.61. The molecule has 1 amide bonds. The van der Waals surface area contributed by atoms with E-state index in [1.54, 1.807) is 6.92 Å². The van der Waals surface area contributed by atoms with Gasteiger partial charge in [-0.2, -0.15) is 0 Å². The van der Waals surface area contributed by atoms with Gasteiger partial charge in [0, 0.05) is 7.11 Å². The van der Waals surface area contributed by atoms with Crippen molar-refractivity contribution in [3.05, 3.63) is 0 Å². The molecule has 15 heavy (non-hydrogen) atoms. The molecule has 0 spiro atoms. The van der Waals surface area contributed by atoms with Crippen LogP contribution in [-0.2, 0) is 14.3 Å². The molecular weight excluding hydrogens is 198 g/mol. The minimum atomic E-state index is -0.875. The van der Waals surface area contributed by atoms with Crippen LogP contribution < -0.4 is 5.32 Å². The minimum Gasteiger partial charge on any atom is -0.481 e. The number of carboxylic acid groups (broad SMARTS) is 1. The number of ether oxygens (including phenoxy) is 1. The lowest BCUT2D eigenvalue weighted by Gasteiger charge is -2.41. The van der Waals surface area contributed by atoms with E-state index < -0.39 is 17.6 Å². The van der Waals surface area contributed by atoms with E-state index in [1.807, 2.05) is 0 Å². The number of rotatable bonds is 5. The van der Waals surface area contributed by atoms with E-state index in [2.05, 4.69) is 5.32 Å². The first-order valence-electron chi connectivity index (χ1n) is 5.06. The molecule has 5 heteroatoms. The quantitative estimate of drug-likeness (QED) is 0.701. The number of hydrogen-bond donors (Lipinski definition) is 2. The van der Waals surface area contributed by atoms with Gasteiger partial charge in [0.15, 0.2) is 0 Å². The maximum Gasteiger partial charge on any atom is 0.305 e. The molecule has 1 saturated carbocycles. The van der Waals surface area contributed by atoms with Crippen molar-refractivity contribution in [2.24, 2.45) is 0 Å². The van der Waals surface area contributed by atoms with E-state index in [9.17, 15) is 9.59 Å². The van der Waals surface area contributed by atoms with Crippen molar-refractivity contribution in [3.8, 4) is 0 Å². The number of carboxylic acids is 1. The van der Waals surface area contributed by atoms with Crippen LogP contribution >= 0.6 is 0 Å². The molecule has 0 aromatic carbocycles. The lowest BCUT2D eigenvalue weighted by atomic mass is 9.74. The van der Waals surface area contributed by atoms with E-state index >= 15 is 0 Å². The monoisotopic (exact) mass is 215 g/mol. The molecule has 86 valence electrons. The van der Waals surface area contributed by atoms with Crippen LogP contribution in [0.2, 0.25) is 0 Å². The van der Waals surface area contributed by atoms with Gasteiger partial charge in [0.1, 0.15) is 6.10 Å². The SMILES string of the molecule is COC(C)C(=O)NC1(CC(=O)O)CCC1. The first-order valence-corrected chi connectivity index (χ1v) is 5.06. The van der Waals surface area contributed by atoms with Crippen molar-refractivity contribution >= 4 is 11.9 Å². The highest BCUT2D eigenvalue weighted by atomic mass is 16.5. The van der Waals surface area contributed by atoms with Gasteiger partial charge in [-0.25, -0.2) is 0 Å². The molecule has 0 aromatic heterocycles. The van der Waals surface area contributed by atoms with E-state index in [1.165, 1.54) is 7.11 Å². The van der Waals surface area contributed by atoms with Crippen LogP contribution in [0.4, 0.5) is 0 Å². The molecular formula is C10H17NO4. The molecule has 1 aliphatic rings. The van der Waals surface area contributed by atoms with Crippen LogP contribution in [0.25, 0.3) is 0 Å². The summed E-state index contributed by atoms with van der Waals surface area (Å²) >= 11 is 0. The predicted octanol–water partition coefficient (Wildman–Crippen LogP) is 0.535. The zero-order chi connectivity index (χ0) is 11.5. The smallest absolute Gasteiger partial charge is 0.305 e. The molecule has 0 bridgehead atoms. The number of nitrogens with one attached hydrogen (secondary N) is 1. The average molecular weight is 215 g/mol. The molecule has 0 heterocycles. The van der Waals surface area contributed by atoms with E-state index in [-0.39, 0.29) is 12.3 Å². The zero-order valence-corrected chi connectivity index (χ0v) is 9.08. The molecule has 1 rings (SSSR count). The third kappa shape index (κ3) is 2.92. The standard InChI is InChI=1S/C10H17NO4/c1-7(15-2)9(14)11-10(4-3-5-10)6-8(12)13/h7H,3-6H2,1-2H3,(H,11,14)(H,12,13). The van der Waals surface area contributed by atoms with Crippen molar-refractivity contribution < 1.29 is 19.4 Å². The van der Waals surface area contributed by atoms with Crippen molar-refractivity contribution in [3.63, 3.8) is 0 Å². The van der Waals surface area contributed by atoms with E-state index in [4.69, 9.17) is 9.84 Å². The van der Waals surface area contributed by atoms with Crippen LogP contribution in [0.1, 0.15) is 32.6 Å². The van der Waals surface area contributed by atoms with Crippen molar-refractivity contribution in [1.29, 1.82) is 0 Å². The normalized spacial score (nSPS) is 20.1. The number of carbonyl (C=O) groups is 2. The molecule has 0 aliphatic heterocycles. The van der Waals surface area contributed by atoms with Gasteiger partial charge in [-0.15, -0.1) is 0 Å². The molecule has 0 radical (unpaired) electrons. The molecule has 0 aromatic rings. The van der Waals surface area contributed by atoms with Crippen molar-refractivity contribution in [1.82, 2.24) is 5.32 Å². The fourth-order valence-electron chi connectivity index (χ4n) is 1.71. The van der Waals surface area contributed by atoms with Gasteiger partial charge in [0.05, 0.1) is 12.0 Å². The van der Waals surface area contributed by atoms with Crippen LogP contribution in [0, 0.1) is 0 Å². The maximum absolute atomic E-state index is 11.5. The number of aliphatic carboxylic acids is 1. The lowest BCUT2D eigenvalue weighted by molar-refractivity contribution is -0.141.